The lowest BCUT2D eigenvalue weighted by atomic mass is 9.96. The van der Waals surface area contributed by atoms with E-state index in [1.807, 2.05) is 42.2 Å². The fraction of sp³-hybridized carbons (Fsp3) is 0.500. The first-order chi connectivity index (χ1) is 15.1. The lowest BCUT2D eigenvalue weighted by molar-refractivity contribution is -0.136. The normalized spacial score (nSPS) is 21.2. The van der Waals surface area contributed by atoms with Crippen LogP contribution in [0.1, 0.15) is 47.8 Å². The maximum absolute atomic E-state index is 12.8. The molecule has 2 amide bonds. The third-order valence-electron chi connectivity index (χ3n) is 6.72. The Balaban J connectivity index is 1.35. The van der Waals surface area contributed by atoms with Crippen LogP contribution in [0.25, 0.3) is 0 Å². The zero-order valence-corrected chi connectivity index (χ0v) is 18.1. The molecule has 0 bridgehead atoms. The maximum Gasteiger partial charge on any atom is 0.236 e. The predicted octanol–water partition coefficient (Wildman–Crippen LogP) is 2.29. The molecule has 162 valence electrons. The van der Waals surface area contributed by atoms with Crippen LogP contribution in [-0.2, 0) is 22.6 Å². The Morgan fingerprint density at radius 1 is 1.10 bits per heavy atom. The number of piperidine rings is 1. The van der Waals surface area contributed by atoms with Gasteiger partial charge >= 0.3 is 0 Å². The number of carbonyl (C=O) groups excluding carboxylic acids is 2. The summed E-state index contributed by atoms with van der Waals surface area (Å²) in [6.07, 6.45) is 3.54. The molecular weight excluding hydrogens is 390 g/mol. The molecule has 2 saturated heterocycles. The molecule has 0 saturated carbocycles. The lowest BCUT2D eigenvalue weighted by Gasteiger charge is -2.36. The van der Waals surface area contributed by atoms with E-state index in [1.54, 1.807) is 4.90 Å². The van der Waals surface area contributed by atoms with Gasteiger partial charge in [-0.3, -0.25) is 19.4 Å². The Morgan fingerprint density at radius 3 is 2.65 bits per heavy atom. The van der Waals surface area contributed by atoms with E-state index in [-0.39, 0.29) is 17.7 Å². The van der Waals surface area contributed by atoms with Gasteiger partial charge in [-0.1, -0.05) is 30.3 Å². The van der Waals surface area contributed by atoms with Crippen LogP contribution in [0.4, 0.5) is 5.82 Å². The molecule has 0 radical (unpaired) electrons. The molecular formula is C24H29N5O2. The van der Waals surface area contributed by atoms with Gasteiger partial charge in [0.05, 0.1) is 19.5 Å². The summed E-state index contributed by atoms with van der Waals surface area (Å²) in [5, 5.41) is 0. The number of carbonyl (C=O) groups is 2. The topological polar surface area (TPSA) is 69.6 Å². The standard InChI is InChI=1S/C24H29N5O2/c1-17-20-13-21(30)29(14-18-7-3-2-4-8-18)24(20)26-23(25-17)19-9-5-10-27(15-19)16-22(31)28-11-6-12-28/h2-4,7-8,19H,5-6,9-16H2,1H3/t19-/m0/s1. The summed E-state index contributed by atoms with van der Waals surface area (Å²) < 4.78 is 0. The molecule has 7 heteroatoms. The summed E-state index contributed by atoms with van der Waals surface area (Å²) in [7, 11) is 0. The molecule has 0 aliphatic carbocycles. The molecule has 7 nitrogen and oxygen atoms in total. The highest BCUT2D eigenvalue weighted by molar-refractivity contribution is 6.00. The number of benzene rings is 1. The highest BCUT2D eigenvalue weighted by Crippen LogP contribution is 2.33. The molecule has 0 spiro atoms. The van der Waals surface area contributed by atoms with Crippen molar-refractivity contribution in [1.29, 1.82) is 0 Å². The zero-order chi connectivity index (χ0) is 21.4. The van der Waals surface area contributed by atoms with E-state index < -0.39 is 0 Å². The number of hydrogen-bond acceptors (Lipinski definition) is 5. The number of nitrogens with zero attached hydrogens (tertiary/aromatic N) is 5. The van der Waals surface area contributed by atoms with Crippen molar-refractivity contribution in [3.05, 3.63) is 53.0 Å². The fourth-order valence-corrected chi connectivity index (χ4v) is 4.78. The summed E-state index contributed by atoms with van der Waals surface area (Å²) in [6, 6.07) is 10.0. The van der Waals surface area contributed by atoms with Gasteiger partial charge in [-0.05, 0) is 38.3 Å². The van der Waals surface area contributed by atoms with E-state index in [0.717, 1.165) is 73.9 Å². The Morgan fingerprint density at radius 2 is 1.90 bits per heavy atom. The number of rotatable bonds is 5. The van der Waals surface area contributed by atoms with E-state index in [2.05, 4.69) is 4.90 Å². The van der Waals surface area contributed by atoms with E-state index in [9.17, 15) is 9.59 Å². The van der Waals surface area contributed by atoms with Crippen molar-refractivity contribution in [3.8, 4) is 0 Å². The molecule has 3 aliphatic heterocycles. The smallest absolute Gasteiger partial charge is 0.236 e. The largest absolute Gasteiger partial charge is 0.341 e. The van der Waals surface area contributed by atoms with Crippen molar-refractivity contribution >= 4 is 17.6 Å². The molecule has 0 unspecified atom stereocenters. The second-order valence-electron chi connectivity index (χ2n) is 8.92. The molecule has 31 heavy (non-hydrogen) atoms. The molecule has 3 aliphatic rings. The molecule has 1 aromatic heterocycles. The average Bonchev–Trinajstić information content (AvgIpc) is 3.04. The van der Waals surface area contributed by atoms with E-state index in [0.29, 0.717) is 19.5 Å². The fourth-order valence-electron chi connectivity index (χ4n) is 4.78. The summed E-state index contributed by atoms with van der Waals surface area (Å²) >= 11 is 0. The lowest BCUT2D eigenvalue weighted by Crippen LogP contribution is -2.48. The minimum absolute atomic E-state index is 0.0822. The first-order valence-corrected chi connectivity index (χ1v) is 11.3. The van der Waals surface area contributed by atoms with Crippen LogP contribution in [0.2, 0.25) is 0 Å². The minimum Gasteiger partial charge on any atom is -0.341 e. The number of aryl methyl sites for hydroxylation is 1. The second-order valence-corrected chi connectivity index (χ2v) is 8.92. The predicted molar refractivity (Wildman–Crippen MR) is 118 cm³/mol. The molecule has 4 heterocycles. The zero-order valence-electron chi connectivity index (χ0n) is 18.1. The van der Waals surface area contributed by atoms with Gasteiger partial charge in [-0.25, -0.2) is 9.97 Å². The SMILES string of the molecule is Cc1nc([C@H]2CCCN(CC(=O)N3CCC3)C2)nc2c1CC(=O)N2Cc1ccccc1. The van der Waals surface area contributed by atoms with Gasteiger partial charge in [-0.15, -0.1) is 0 Å². The highest BCUT2D eigenvalue weighted by Gasteiger charge is 2.34. The Hall–Kier alpha value is -2.80. The van der Waals surface area contributed by atoms with Crippen LogP contribution >= 0.6 is 0 Å². The van der Waals surface area contributed by atoms with E-state index in [4.69, 9.17) is 9.97 Å². The van der Waals surface area contributed by atoms with Crippen molar-refractivity contribution in [1.82, 2.24) is 19.8 Å². The summed E-state index contributed by atoms with van der Waals surface area (Å²) in [6.45, 7) is 6.53. The number of anilines is 1. The Kier molecular flexibility index (Phi) is 5.44. The van der Waals surface area contributed by atoms with Gasteiger partial charge in [0.25, 0.3) is 0 Å². The molecule has 2 aromatic rings. The summed E-state index contributed by atoms with van der Waals surface area (Å²) in [4.78, 5) is 40.9. The van der Waals surface area contributed by atoms with Crippen LogP contribution in [0.5, 0.6) is 0 Å². The molecule has 0 N–H and O–H groups in total. The molecule has 1 aromatic carbocycles. The Labute approximate surface area is 183 Å². The third kappa shape index (κ3) is 4.06. The van der Waals surface area contributed by atoms with Crippen molar-refractivity contribution in [3.63, 3.8) is 0 Å². The van der Waals surface area contributed by atoms with Crippen LogP contribution in [-0.4, -0.2) is 64.3 Å². The van der Waals surface area contributed by atoms with Gasteiger partial charge in [-0.2, -0.15) is 0 Å². The van der Waals surface area contributed by atoms with Gasteiger partial charge < -0.3 is 4.90 Å². The average molecular weight is 420 g/mol. The maximum atomic E-state index is 12.8. The van der Waals surface area contributed by atoms with Crippen molar-refractivity contribution in [2.24, 2.45) is 0 Å². The first-order valence-electron chi connectivity index (χ1n) is 11.3. The van der Waals surface area contributed by atoms with Crippen LogP contribution in [0, 0.1) is 6.92 Å². The minimum atomic E-state index is 0.0822. The van der Waals surface area contributed by atoms with E-state index >= 15 is 0 Å². The number of hydrogen-bond donors (Lipinski definition) is 0. The third-order valence-corrected chi connectivity index (χ3v) is 6.72. The molecule has 5 rings (SSSR count). The van der Waals surface area contributed by atoms with Gasteiger partial charge in [0.15, 0.2) is 0 Å². The summed E-state index contributed by atoms with van der Waals surface area (Å²) in [5.74, 6) is 2.09. The van der Waals surface area contributed by atoms with Gasteiger partial charge in [0.2, 0.25) is 11.8 Å². The quantitative estimate of drug-likeness (QED) is 0.744. The second kappa shape index (κ2) is 8.38. The number of likely N-dealkylation sites (tertiary alicyclic amines) is 2. The highest BCUT2D eigenvalue weighted by atomic mass is 16.2. The van der Waals surface area contributed by atoms with Crippen molar-refractivity contribution in [2.45, 2.75) is 45.1 Å². The van der Waals surface area contributed by atoms with Crippen LogP contribution in [0.15, 0.2) is 30.3 Å². The van der Waals surface area contributed by atoms with Crippen LogP contribution in [0.3, 0.4) is 0 Å². The van der Waals surface area contributed by atoms with Gasteiger partial charge in [0, 0.05) is 36.8 Å². The van der Waals surface area contributed by atoms with Crippen molar-refractivity contribution < 1.29 is 9.59 Å². The first kappa shape index (κ1) is 20.1. The Bertz CT molecular complexity index is 989. The number of amides is 2. The van der Waals surface area contributed by atoms with Crippen molar-refractivity contribution in [2.75, 3.05) is 37.6 Å². The van der Waals surface area contributed by atoms with Crippen LogP contribution < -0.4 is 4.90 Å². The van der Waals surface area contributed by atoms with E-state index in [1.165, 1.54) is 0 Å². The monoisotopic (exact) mass is 419 g/mol. The van der Waals surface area contributed by atoms with Gasteiger partial charge in [0.1, 0.15) is 11.6 Å². The molecule has 1 atom stereocenters. The number of fused-ring (bicyclic) bond motifs is 1. The molecule has 2 fully saturated rings. The number of aromatic nitrogens is 2. The summed E-state index contributed by atoms with van der Waals surface area (Å²) in [5.41, 5.74) is 2.94.